The van der Waals surface area contributed by atoms with Gasteiger partial charge in [0, 0.05) is 11.6 Å². The smallest absolute Gasteiger partial charge is 0.321 e. The molecule has 0 radical (unpaired) electrons. The molecule has 2 rings (SSSR count). The van der Waals surface area contributed by atoms with E-state index in [1.807, 2.05) is 24.3 Å². The highest BCUT2D eigenvalue weighted by atomic mass is 35.5. The Morgan fingerprint density at radius 3 is 2.70 bits per heavy atom. The van der Waals surface area contributed by atoms with Crippen LogP contribution < -0.4 is 10.6 Å². The lowest BCUT2D eigenvalue weighted by molar-refractivity contribution is 0.210. The second-order valence-corrected chi connectivity index (χ2v) is 6.08. The largest absolute Gasteiger partial charge is 0.336 e. The molecule has 0 saturated carbocycles. The summed E-state index contributed by atoms with van der Waals surface area (Å²) >= 11 is 7.61. The zero-order chi connectivity index (χ0) is 16.7. The van der Waals surface area contributed by atoms with Gasteiger partial charge in [0.25, 0.3) is 0 Å². The first-order valence-electron chi connectivity index (χ1n) is 7.45. The number of carbonyl (C=O) groups excluding carboxylic acids is 1. The molecule has 0 aliphatic rings. The SMILES string of the molecule is CCN(CC)C(CNC(=O)Nc1nncs1)c1ccccc1Cl. The van der Waals surface area contributed by atoms with Gasteiger partial charge >= 0.3 is 6.03 Å². The van der Waals surface area contributed by atoms with Gasteiger partial charge in [0.15, 0.2) is 0 Å². The number of nitrogens with one attached hydrogen (secondary N) is 2. The summed E-state index contributed by atoms with van der Waals surface area (Å²) in [6.45, 7) is 6.37. The average molecular weight is 354 g/mol. The maximum Gasteiger partial charge on any atom is 0.321 e. The summed E-state index contributed by atoms with van der Waals surface area (Å²) in [6.07, 6.45) is 0. The summed E-state index contributed by atoms with van der Waals surface area (Å²) in [7, 11) is 0. The van der Waals surface area contributed by atoms with Gasteiger partial charge in [0.05, 0.1) is 6.04 Å². The Bertz CT molecular complexity index is 618. The van der Waals surface area contributed by atoms with Crippen LogP contribution in [0.1, 0.15) is 25.5 Å². The van der Waals surface area contributed by atoms with E-state index in [1.54, 1.807) is 5.51 Å². The molecule has 0 spiro atoms. The van der Waals surface area contributed by atoms with Crippen molar-refractivity contribution < 1.29 is 4.79 Å². The van der Waals surface area contributed by atoms with Gasteiger partial charge in [0.1, 0.15) is 5.51 Å². The molecule has 0 aliphatic carbocycles. The van der Waals surface area contributed by atoms with Crippen LogP contribution in [0.5, 0.6) is 0 Å². The van der Waals surface area contributed by atoms with E-state index in [0.717, 1.165) is 18.7 Å². The van der Waals surface area contributed by atoms with Crippen molar-refractivity contribution in [3.63, 3.8) is 0 Å². The van der Waals surface area contributed by atoms with Gasteiger partial charge in [-0.3, -0.25) is 10.2 Å². The number of amides is 2. The fourth-order valence-corrected chi connectivity index (χ4v) is 3.11. The van der Waals surface area contributed by atoms with Crippen LogP contribution in [0.2, 0.25) is 5.02 Å². The van der Waals surface area contributed by atoms with Gasteiger partial charge < -0.3 is 5.32 Å². The van der Waals surface area contributed by atoms with E-state index in [2.05, 4.69) is 39.6 Å². The van der Waals surface area contributed by atoms with E-state index in [9.17, 15) is 4.79 Å². The first-order valence-corrected chi connectivity index (χ1v) is 8.71. The molecular weight excluding hydrogens is 334 g/mol. The van der Waals surface area contributed by atoms with Crippen LogP contribution in [-0.4, -0.2) is 40.8 Å². The van der Waals surface area contributed by atoms with Gasteiger partial charge in [0.2, 0.25) is 5.13 Å². The summed E-state index contributed by atoms with van der Waals surface area (Å²) in [5.74, 6) is 0. The molecule has 1 aromatic carbocycles. The molecule has 1 aromatic heterocycles. The molecule has 0 saturated heterocycles. The zero-order valence-electron chi connectivity index (χ0n) is 13.1. The summed E-state index contributed by atoms with van der Waals surface area (Å²) in [5.41, 5.74) is 2.58. The maximum absolute atomic E-state index is 12.0. The highest BCUT2D eigenvalue weighted by molar-refractivity contribution is 7.13. The lowest BCUT2D eigenvalue weighted by Gasteiger charge is -2.30. The Kier molecular flexibility index (Phi) is 6.76. The fraction of sp³-hybridized carbons (Fsp3) is 0.400. The normalized spacial score (nSPS) is 12.2. The predicted molar refractivity (Wildman–Crippen MR) is 94.0 cm³/mol. The van der Waals surface area contributed by atoms with Gasteiger partial charge in [-0.2, -0.15) is 0 Å². The lowest BCUT2D eigenvalue weighted by atomic mass is 10.0. The number of carbonyl (C=O) groups is 1. The minimum absolute atomic E-state index is 0.0128. The molecule has 2 aromatic rings. The molecule has 1 atom stereocenters. The van der Waals surface area contributed by atoms with Gasteiger partial charge in [-0.1, -0.05) is 55.0 Å². The van der Waals surface area contributed by atoms with Crippen molar-refractivity contribution in [3.8, 4) is 0 Å². The Morgan fingerprint density at radius 1 is 1.35 bits per heavy atom. The molecule has 0 fully saturated rings. The van der Waals surface area contributed by atoms with Crippen LogP contribution >= 0.6 is 22.9 Å². The minimum atomic E-state index is -0.300. The fourth-order valence-electron chi connectivity index (χ4n) is 2.40. The summed E-state index contributed by atoms with van der Waals surface area (Å²) < 4.78 is 0. The van der Waals surface area contributed by atoms with Crippen molar-refractivity contribution in [1.29, 1.82) is 0 Å². The highest BCUT2D eigenvalue weighted by Crippen LogP contribution is 2.26. The maximum atomic E-state index is 12.0. The molecule has 2 amide bonds. The van der Waals surface area contributed by atoms with Gasteiger partial charge in [-0.05, 0) is 24.7 Å². The average Bonchev–Trinajstić information content (AvgIpc) is 3.05. The zero-order valence-corrected chi connectivity index (χ0v) is 14.7. The molecule has 124 valence electrons. The number of aromatic nitrogens is 2. The monoisotopic (exact) mass is 353 g/mol. The van der Waals surface area contributed by atoms with E-state index >= 15 is 0 Å². The lowest BCUT2D eigenvalue weighted by Crippen LogP contribution is -2.39. The molecule has 6 nitrogen and oxygen atoms in total. The number of rotatable bonds is 7. The number of likely N-dealkylation sites (N-methyl/N-ethyl adjacent to an activating group) is 1. The Morgan fingerprint density at radius 2 is 2.09 bits per heavy atom. The second kappa shape index (κ2) is 8.81. The molecule has 0 aliphatic heterocycles. The minimum Gasteiger partial charge on any atom is -0.336 e. The summed E-state index contributed by atoms with van der Waals surface area (Å²) in [6, 6.07) is 7.44. The second-order valence-electron chi connectivity index (χ2n) is 4.84. The standard InChI is InChI=1S/C15H20ClN5OS/c1-3-21(4-2)13(11-7-5-6-8-12(11)16)9-17-14(22)19-15-20-18-10-23-15/h5-8,10,13H,3-4,9H2,1-2H3,(H2,17,19,20,22). The number of nitrogens with zero attached hydrogens (tertiary/aromatic N) is 3. The number of urea groups is 1. The molecule has 8 heteroatoms. The molecular formula is C15H20ClN5OS. The van der Waals surface area contributed by atoms with Crippen LogP contribution in [0, 0.1) is 0 Å². The highest BCUT2D eigenvalue weighted by Gasteiger charge is 2.21. The van der Waals surface area contributed by atoms with E-state index in [4.69, 9.17) is 11.6 Å². The van der Waals surface area contributed by atoms with Crippen molar-refractivity contribution in [2.24, 2.45) is 0 Å². The van der Waals surface area contributed by atoms with Crippen molar-refractivity contribution in [3.05, 3.63) is 40.4 Å². The Hall–Kier alpha value is -1.70. The van der Waals surface area contributed by atoms with E-state index in [0.29, 0.717) is 16.7 Å². The molecule has 1 unspecified atom stereocenters. The Balaban J connectivity index is 2.06. The van der Waals surface area contributed by atoms with Gasteiger partial charge in [-0.25, -0.2) is 4.79 Å². The number of halogens is 1. The summed E-state index contributed by atoms with van der Waals surface area (Å²) in [5, 5.41) is 14.2. The van der Waals surface area contributed by atoms with Crippen LogP contribution in [0.3, 0.4) is 0 Å². The van der Waals surface area contributed by atoms with Crippen LogP contribution in [0.4, 0.5) is 9.93 Å². The van der Waals surface area contributed by atoms with Crippen molar-refractivity contribution in [2.75, 3.05) is 25.0 Å². The molecule has 0 bridgehead atoms. The van der Waals surface area contributed by atoms with Crippen LogP contribution in [0.25, 0.3) is 0 Å². The Labute approximate surface area is 144 Å². The third kappa shape index (κ3) is 4.89. The quantitative estimate of drug-likeness (QED) is 0.800. The van der Waals surface area contributed by atoms with Crippen molar-refractivity contribution in [1.82, 2.24) is 20.4 Å². The summed E-state index contributed by atoms with van der Waals surface area (Å²) in [4.78, 5) is 14.3. The number of hydrogen-bond acceptors (Lipinski definition) is 5. The third-order valence-corrected chi connectivity index (χ3v) is 4.50. The first kappa shape index (κ1) is 17.7. The van der Waals surface area contributed by atoms with Crippen molar-refractivity contribution in [2.45, 2.75) is 19.9 Å². The number of benzene rings is 1. The van der Waals surface area contributed by atoms with E-state index < -0.39 is 0 Å². The van der Waals surface area contributed by atoms with Crippen molar-refractivity contribution >= 4 is 34.1 Å². The van der Waals surface area contributed by atoms with Crippen LogP contribution in [-0.2, 0) is 0 Å². The van der Waals surface area contributed by atoms with Crippen LogP contribution in [0.15, 0.2) is 29.8 Å². The predicted octanol–water partition coefficient (Wildman–Crippen LogP) is 3.40. The van der Waals surface area contributed by atoms with Gasteiger partial charge in [-0.15, -0.1) is 10.2 Å². The van der Waals surface area contributed by atoms with E-state index in [-0.39, 0.29) is 12.1 Å². The molecule has 23 heavy (non-hydrogen) atoms. The number of hydrogen-bond donors (Lipinski definition) is 2. The van der Waals surface area contributed by atoms with E-state index in [1.165, 1.54) is 11.3 Å². The topological polar surface area (TPSA) is 70.2 Å². The molecule has 1 heterocycles. The third-order valence-electron chi connectivity index (χ3n) is 3.55. The number of anilines is 1. The molecule has 2 N–H and O–H groups in total. The first-order chi connectivity index (χ1) is 11.2.